The van der Waals surface area contributed by atoms with Gasteiger partial charge in [0.1, 0.15) is 29.2 Å². The number of nitrogens with zero attached hydrogens (tertiary/aromatic N) is 4. The van der Waals surface area contributed by atoms with Crippen molar-refractivity contribution in [1.82, 2.24) is 4.90 Å². The summed E-state index contributed by atoms with van der Waals surface area (Å²) in [6.07, 6.45) is 1.38. The van der Waals surface area contributed by atoms with Crippen molar-refractivity contribution in [3.63, 3.8) is 0 Å². The molecule has 31 heavy (non-hydrogen) atoms. The maximum Gasteiger partial charge on any atom is 0.254 e. The summed E-state index contributed by atoms with van der Waals surface area (Å²) in [5, 5.41) is 20.5. The summed E-state index contributed by atoms with van der Waals surface area (Å²) in [5.74, 6) is 1.12. The van der Waals surface area contributed by atoms with Crippen LogP contribution in [-0.4, -0.2) is 51.2 Å². The molecule has 0 aromatic heterocycles. The largest absolute Gasteiger partial charge is 0.497 e. The number of anilines is 2. The maximum absolute atomic E-state index is 12.9. The first kappa shape index (κ1) is 21.5. The van der Waals surface area contributed by atoms with Gasteiger partial charge in [0.15, 0.2) is 0 Å². The first-order valence-corrected chi connectivity index (χ1v) is 9.72. The fourth-order valence-corrected chi connectivity index (χ4v) is 3.29. The molecule has 0 aliphatic carbocycles. The molecule has 0 saturated carbocycles. The molecule has 2 aromatic rings. The van der Waals surface area contributed by atoms with Crippen LogP contribution in [0.5, 0.6) is 11.5 Å². The second kappa shape index (κ2) is 10.0. The molecule has 8 nitrogen and oxygen atoms in total. The van der Waals surface area contributed by atoms with Gasteiger partial charge in [0, 0.05) is 55.4 Å². The van der Waals surface area contributed by atoms with Crippen molar-refractivity contribution in [2.75, 3.05) is 50.6 Å². The minimum absolute atomic E-state index is 0.0125. The molecule has 2 aromatic carbocycles. The van der Waals surface area contributed by atoms with Crippen LogP contribution in [0, 0.1) is 22.7 Å². The van der Waals surface area contributed by atoms with Crippen LogP contribution in [-0.2, 0) is 0 Å². The van der Waals surface area contributed by atoms with Gasteiger partial charge in [-0.05, 0) is 36.4 Å². The molecule has 1 aliphatic rings. The Morgan fingerprint density at radius 2 is 1.55 bits per heavy atom. The van der Waals surface area contributed by atoms with Gasteiger partial charge >= 0.3 is 0 Å². The zero-order valence-corrected chi connectivity index (χ0v) is 17.5. The molecule has 1 amide bonds. The van der Waals surface area contributed by atoms with Gasteiger partial charge in [-0.3, -0.25) is 4.79 Å². The van der Waals surface area contributed by atoms with E-state index in [1.165, 1.54) is 6.20 Å². The number of allylic oxidation sites excluding steroid dienone is 1. The Labute approximate surface area is 181 Å². The number of hydrogen-bond acceptors (Lipinski definition) is 7. The van der Waals surface area contributed by atoms with E-state index in [9.17, 15) is 4.79 Å². The lowest BCUT2D eigenvalue weighted by molar-refractivity contribution is 0.0746. The molecular formula is C23H23N5O3. The molecular weight excluding hydrogens is 394 g/mol. The van der Waals surface area contributed by atoms with E-state index in [0.717, 1.165) is 11.4 Å². The van der Waals surface area contributed by atoms with Crippen LogP contribution in [0.2, 0.25) is 0 Å². The second-order valence-electron chi connectivity index (χ2n) is 6.85. The molecule has 1 aliphatic heterocycles. The first-order valence-electron chi connectivity index (χ1n) is 9.72. The summed E-state index contributed by atoms with van der Waals surface area (Å²) in [6, 6.07) is 16.5. The number of amides is 1. The number of piperazine rings is 1. The number of methoxy groups -OCH3 is 2. The van der Waals surface area contributed by atoms with Crippen molar-refractivity contribution in [1.29, 1.82) is 10.5 Å². The lowest BCUT2D eigenvalue weighted by atomic mass is 10.1. The summed E-state index contributed by atoms with van der Waals surface area (Å²) in [7, 11) is 3.12. The van der Waals surface area contributed by atoms with E-state index in [4.69, 9.17) is 20.0 Å². The standard InChI is InChI=1S/C23H23N5O3/c1-30-21-11-18(12-22(13-21)31-2)23(29)28-9-7-27(8-10-28)20-5-3-19(4-6-20)26-16-17(14-24)15-25/h3-6,11-13,16,26H,7-10H2,1-2H3. The third kappa shape index (κ3) is 5.26. The van der Waals surface area contributed by atoms with Crippen molar-refractivity contribution >= 4 is 17.3 Å². The maximum atomic E-state index is 12.9. The van der Waals surface area contributed by atoms with Gasteiger partial charge in [-0.1, -0.05) is 0 Å². The highest BCUT2D eigenvalue weighted by atomic mass is 16.5. The molecule has 8 heteroatoms. The predicted molar refractivity (Wildman–Crippen MR) is 117 cm³/mol. The lowest BCUT2D eigenvalue weighted by Gasteiger charge is -2.36. The van der Waals surface area contributed by atoms with E-state index in [-0.39, 0.29) is 11.5 Å². The van der Waals surface area contributed by atoms with Crippen molar-refractivity contribution in [2.45, 2.75) is 0 Å². The van der Waals surface area contributed by atoms with Gasteiger partial charge in [0.2, 0.25) is 0 Å². The van der Waals surface area contributed by atoms with Gasteiger partial charge < -0.3 is 24.6 Å². The summed E-state index contributed by atoms with van der Waals surface area (Å²) in [5.41, 5.74) is 2.39. The Morgan fingerprint density at radius 1 is 0.968 bits per heavy atom. The minimum atomic E-state index is -0.0472. The van der Waals surface area contributed by atoms with Crippen molar-refractivity contribution in [2.24, 2.45) is 0 Å². The summed E-state index contributed by atoms with van der Waals surface area (Å²) in [4.78, 5) is 17.0. The normalized spacial score (nSPS) is 12.9. The minimum Gasteiger partial charge on any atom is -0.497 e. The topological polar surface area (TPSA) is 102 Å². The molecule has 0 spiro atoms. The number of nitrogens with one attached hydrogen (secondary N) is 1. The number of carbonyl (C=O) groups excluding carboxylic acids is 1. The molecule has 0 bridgehead atoms. The number of hydrogen-bond donors (Lipinski definition) is 1. The molecule has 0 atom stereocenters. The Kier molecular flexibility index (Phi) is 6.97. The van der Waals surface area contributed by atoms with Crippen LogP contribution >= 0.6 is 0 Å². The van der Waals surface area contributed by atoms with E-state index >= 15 is 0 Å². The highest BCUT2D eigenvalue weighted by Crippen LogP contribution is 2.25. The number of nitriles is 2. The fraction of sp³-hybridized carbons (Fsp3) is 0.261. The van der Waals surface area contributed by atoms with Crippen LogP contribution in [0.4, 0.5) is 11.4 Å². The van der Waals surface area contributed by atoms with Gasteiger partial charge in [0.05, 0.1) is 14.2 Å². The Morgan fingerprint density at radius 3 is 2.06 bits per heavy atom. The molecule has 158 valence electrons. The average molecular weight is 417 g/mol. The van der Waals surface area contributed by atoms with E-state index in [0.29, 0.717) is 43.2 Å². The van der Waals surface area contributed by atoms with Gasteiger partial charge in [-0.25, -0.2) is 0 Å². The monoisotopic (exact) mass is 417 g/mol. The fourth-order valence-electron chi connectivity index (χ4n) is 3.29. The van der Waals surface area contributed by atoms with Crippen LogP contribution in [0.3, 0.4) is 0 Å². The summed E-state index contributed by atoms with van der Waals surface area (Å²) >= 11 is 0. The van der Waals surface area contributed by atoms with E-state index in [2.05, 4.69) is 10.2 Å². The second-order valence-corrected chi connectivity index (χ2v) is 6.85. The average Bonchev–Trinajstić information content (AvgIpc) is 2.84. The van der Waals surface area contributed by atoms with Gasteiger partial charge in [-0.15, -0.1) is 0 Å². The zero-order valence-electron chi connectivity index (χ0n) is 17.5. The quantitative estimate of drug-likeness (QED) is 0.721. The molecule has 3 rings (SSSR count). The van der Waals surface area contributed by atoms with Gasteiger partial charge in [0.25, 0.3) is 5.91 Å². The molecule has 1 saturated heterocycles. The molecule has 0 radical (unpaired) electrons. The molecule has 1 heterocycles. The van der Waals surface area contributed by atoms with Crippen LogP contribution in [0.1, 0.15) is 10.4 Å². The SMILES string of the molecule is COc1cc(OC)cc(C(=O)N2CCN(c3ccc(NC=C(C#N)C#N)cc3)CC2)c1. The highest BCUT2D eigenvalue weighted by Gasteiger charge is 2.23. The number of carbonyl (C=O) groups is 1. The lowest BCUT2D eigenvalue weighted by Crippen LogP contribution is -2.48. The predicted octanol–water partition coefficient (Wildman–Crippen LogP) is 3.01. The zero-order chi connectivity index (χ0) is 22.2. The summed E-state index contributed by atoms with van der Waals surface area (Å²) in [6.45, 7) is 2.64. The van der Waals surface area contributed by atoms with E-state index < -0.39 is 0 Å². The first-order chi connectivity index (χ1) is 15.1. The highest BCUT2D eigenvalue weighted by molar-refractivity contribution is 5.95. The summed E-state index contributed by atoms with van der Waals surface area (Å²) < 4.78 is 10.5. The number of rotatable bonds is 6. The Bertz CT molecular complexity index is 1000. The Hall–Kier alpha value is -4.17. The third-order valence-electron chi connectivity index (χ3n) is 5.02. The van der Waals surface area contributed by atoms with Crippen molar-refractivity contribution in [3.05, 3.63) is 59.8 Å². The number of ether oxygens (including phenoxy) is 2. The van der Waals surface area contributed by atoms with Crippen molar-refractivity contribution < 1.29 is 14.3 Å². The smallest absolute Gasteiger partial charge is 0.254 e. The molecule has 0 unspecified atom stereocenters. The van der Waals surface area contributed by atoms with Gasteiger partial charge in [-0.2, -0.15) is 10.5 Å². The van der Waals surface area contributed by atoms with E-state index in [1.54, 1.807) is 44.6 Å². The molecule has 1 N–H and O–H groups in total. The van der Waals surface area contributed by atoms with Crippen LogP contribution < -0.4 is 19.7 Å². The van der Waals surface area contributed by atoms with E-state index in [1.807, 2.05) is 29.2 Å². The van der Waals surface area contributed by atoms with Crippen molar-refractivity contribution in [3.8, 4) is 23.6 Å². The Balaban J connectivity index is 1.61. The molecule has 1 fully saturated rings. The third-order valence-corrected chi connectivity index (χ3v) is 5.02. The number of benzene rings is 2. The van der Waals surface area contributed by atoms with Crippen LogP contribution in [0.25, 0.3) is 0 Å². The van der Waals surface area contributed by atoms with Crippen LogP contribution in [0.15, 0.2) is 54.2 Å².